The van der Waals surface area contributed by atoms with Gasteiger partial charge in [0, 0.05) is 0 Å². The molecule has 2 nitrogen and oxygen atoms in total. The van der Waals surface area contributed by atoms with Crippen LogP contribution in [0.4, 0.5) is 0 Å². The molecule has 2 aliphatic carbocycles. The van der Waals surface area contributed by atoms with Gasteiger partial charge in [0.25, 0.3) is 0 Å². The lowest BCUT2D eigenvalue weighted by Crippen LogP contribution is -2.01. The normalized spacial score (nSPS) is 9.82. The summed E-state index contributed by atoms with van der Waals surface area (Å²) in [4.78, 5) is 0. The predicted molar refractivity (Wildman–Crippen MR) is 46.5 cm³/mol. The Balaban J connectivity index is 0.000000179. The first-order valence-corrected chi connectivity index (χ1v) is 3.54. The number of fused-ring (bicyclic) bond motifs is 1. The average molecular weight is 150 g/mol. The van der Waals surface area contributed by atoms with Gasteiger partial charge in [-0.05, 0) is 36.1 Å². The van der Waals surface area contributed by atoms with Crippen molar-refractivity contribution in [2.75, 3.05) is 0 Å². The molecule has 0 spiro atoms. The van der Waals surface area contributed by atoms with Crippen LogP contribution >= 0.6 is 0 Å². The third-order valence-corrected chi connectivity index (χ3v) is 2.08. The van der Waals surface area contributed by atoms with E-state index in [0.717, 1.165) is 0 Å². The minimum absolute atomic E-state index is 0.750. The first kappa shape index (κ1) is 8.30. The quantitative estimate of drug-likeness (QED) is 0.537. The van der Waals surface area contributed by atoms with Crippen LogP contribution in [0.3, 0.4) is 0 Å². The van der Waals surface area contributed by atoms with E-state index in [2.05, 4.69) is 26.0 Å². The minimum Gasteiger partial charge on any atom is -0.430 e. The third kappa shape index (κ3) is 1.17. The van der Waals surface area contributed by atoms with Crippen LogP contribution < -0.4 is 0 Å². The Morgan fingerprint density at radius 1 is 1.00 bits per heavy atom. The summed E-state index contributed by atoms with van der Waals surface area (Å²) in [6.45, 7) is 4.36. The van der Waals surface area contributed by atoms with E-state index < -0.39 is 7.69 Å². The third-order valence-electron chi connectivity index (χ3n) is 2.08. The summed E-state index contributed by atoms with van der Waals surface area (Å²) in [5.74, 6) is 0. The molecule has 0 radical (unpaired) electrons. The van der Waals surface area contributed by atoms with Gasteiger partial charge < -0.3 is 10.0 Å². The van der Waals surface area contributed by atoms with E-state index in [4.69, 9.17) is 10.0 Å². The van der Waals surface area contributed by atoms with Gasteiger partial charge in [0.1, 0.15) is 0 Å². The molecule has 2 aliphatic rings. The molecule has 0 amide bonds. The molecule has 0 aromatic carbocycles. The molecule has 0 fully saturated rings. The average Bonchev–Trinajstić information content (AvgIpc) is 1.87. The first-order chi connectivity index (χ1) is 5.22. The fraction of sp³-hybridized carbons (Fsp3) is 0.250. The molecule has 0 unspecified atom stereocenters. The summed E-state index contributed by atoms with van der Waals surface area (Å²) >= 11 is 0. The van der Waals surface area contributed by atoms with Gasteiger partial charge in [0.15, 0.2) is 0 Å². The monoisotopic (exact) mass is 150 g/mol. The van der Waals surface area contributed by atoms with Crippen molar-refractivity contribution in [2.45, 2.75) is 13.8 Å². The van der Waals surface area contributed by atoms with E-state index in [1.165, 1.54) is 22.3 Å². The molecule has 0 atom stereocenters. The SMILES string of the molecule is Cc1c2ccc-2c1C.OBO. The van der Waals surface area contributed by atoms with Crippen LogP contribution in [0, 0.1) is 13.8 Å². The number of rotatable bonds is 0. The summed E-state index contributed by atoms with van der Waals surface area (Å²) < 4.78 is 0. The van der Waals surface area contributed by atoms with Gasteiger partial charge in [0.05, 0.1) is 0 Å². The maximum absolute atomic E-state index is 7.12. The van der Waals surface area contributed by atoms with E-state index in [1.807, 2.05) is 0 Å². The Morgan fingerprint density at radius 2 is 1.27 bits per heavy atom. The van der Waals surface area contributed by atoms with Crippen molar-refractivity contribution in [2.24, 2.45) is 0 Å². The molecule has 0 saturated carbocycles. The van der Waals surface area contributed by atoms with Crippen LogP contribution in [-0.4, -0.2) is 17.7 Å². The van der Waals surface area contributed by atoms with Crippen molar-refractivity contribution in [1.29, 1.82) is 0 Å². The van der Waals surface area contributed by atoms with Crippen LogP contribution in [0.1, 0.15) is 11.1 Å². The molecular weight excluding hydrogens is 139 g/mol. The second kappa shape index (κ2) is 3.07. The zero-order valence-electron chi connectivity index (χ0n) is 6.76. The van der Waals surface area contributed by atoms with Crippen LogP contribution in [0.25, 0.3) is 11.1 Å². The maximum atomic E-state index is 7.12. The zero-order valence-corrected chi connectivity index (χ0v) is 6.76. The van der Waals surface area contributed by atoms with Gasteiger partial charge in [-0.2, -0.15) is 0 Å². The van der Waals surface area contributed by atoms with Crippen LogP contribution in [-0.2, 0) is 0 Å². The highest BCUT2D eigenvalue weighted by Crippen LogP contribution is 2.40. The van der Waals surface area contributed by atoms with Gasteiger partial charge in [-0.3, -0.25) is 0 Å². The van der Waals surface area contributed by atoms with Gasteiger partial charge >= 0.3 is 7.69 Å². The summed E-state index contributed by atoms with van der Waals surface area (Å²) in [5.41, 5.74) is 5.95. The van der Waals surface area contributed by atoms with Crippen molar-refractivity contribution in [3.05, 3.63) is 23.3 Å². The molecule has 0 saturated heterocycles. The van der Waals surface area contributed by atoms with E-state index in [-0.39, 0.29) is 0 Å². The van der Waals surface area contributed by atoms with Gasteiger partial charge in [-0.1, -0.05) is 12.1 Å². The highest BCUT2D eigenvalue weighted by atomic mass is 16.4. The largest absolute Gasteiger partial charge is 0.432 e. The topological polar surface area (TPSA) is 40.5 Å². The van der Waals surface area contributed by atoms with Crippen molar-refractivity contribution in [1.82, 2.24) is 0 Å². The summed E-state index contributed by atoms with van der Waals surface area (Å²) in [7, 11) is -0.750. The maximum Gasteiger partial charge on any atom is 0.432 e. The standard InChI is InChI=1S/C8H8.BH3O2/c1-5-6(2)8-4-3-7(5)8;2-1-3/h3-4H,1-2H3;1-3H. The molecule has 2 N–H and O–H groups in total. The highest BCUT2D eigenvalue weighted by Gasteiger charge is 2.17. The van der Waals surface area contributed by atoms with Gasteiger partial charge in [-0.25, -0.2) is 0 Å². The summed E-state index contributed by atoms with van der Waals surface area (Å²) in [5, 5.41) is 14.2. The Hall–Kier alpha value is -0.795. The molecule has 58 valence electrons. The molecule has 3 heteroatoms. The number of hydrogen-bond acceptors (Lipinski definition) is 2. The van der Waals surface area contributed by atoms with Gasteiger partial charge in [0.2, 0.25) is 0 Å². The van der Waals surface area contributed by atoms with E-state index in [0.29, 0.717) is 0 Å². The van der Waals surface area contributed by atoms with Gasteiger partial charge in [-0.15, -0.1) is 0 Å². The molecule has 0 aromatic heterocycles. The Kier molecular flexibility index (Phi) is 2.32. The Morgan fingerprint density at radius 3 is 1.36 bits per heavy atom. The lowest BCUT2D eigenvalue weighted by molar-refractivity contribution is 0.448. The van der Waals surface area contributed by atoms with E-state index in [1.54, 1.807) is 0 Å². The summed E-state index contributed by atoms with van der Waals surface area (Å²) in [6, 6.07) is 4.36. The zero-order chi connectivity index (χ0) is 8.43. The van der Waals surface area contributed by atoms with Crippen molar-refractivity contribution < 1.29 is 10.0 Å². The lowest BCUT2D eigenvalue weighted by Gasteiger charge is -2.23. The molecule has 0 aliphatic heterocycles. The fourth-order valence-electron chi connectivity index (χ4n) is 1.25. The van der Waals surface area contributed by atoms with Crippen molar-refractivity contribution in [3.8, 4) is 11.1 Å². The smallest absolute Gasteiger partial charge is 0.430 e. The summed E-state index contributed by atoms with van der Waals surface area (Å²) in [6.07, 6.45) is 0. The highest BCUT2D eigenvalue weighted by molar-refractivity contribution is 6.13. The minimum atomic E-state index is -0.750. The van der Waals surface area contributed by atoms with E-state index >= 15 is 0 Å². The van der Waals surface area contributed by atoms with Crippen LogP contribution in [0.2, 0.25) is 0 Å². The Bertz CT molecular complexity index is 244. The van der Waals surface area contributed by atoms with E-state index in [9.17, 15) is 0 Å². The van der Waals surface area contributed by atoms with Crippen LogP contribution in [0.5, 0.6) is 0 Å². The molecule has 0 heterocycles. The van der Waals surface area contributed by atoms with Crippen LogP contribution in [0.15, 0.2) is 12.1 Å². The number of benzene rings is 1. The second-order valence-corrected chi connectivity index (χ2v) is 2.55. The first-order valence-electron chi connectivity index (χ1n) is 3.54. The molecule has 0 aromatic rings. The van der Waals surface area contributed by atoms with Crippen molar-refractivity contribution >= 4 is 7.69 Å². The van der Waals surface area contributed by atoms with Crippen molar-refractivity contribution in [3.63, 3.8) is 0 Å². The molecular formula is C8H11BO2. The second-order valence-electron chi connectivity index (χ2n) is 2.55. The number of hydrogen-bond donors (Lipinski definition) is 2. The molecule has 0 bridgehead atoms. The molecule has 11 heavy (non-hydrogen) atoms. The lowest BCUT2D eigenvalue weighted by atomic mass is 9.81. The Labute approximate surface area is 66.8 Å². The molecule has 2 rings (SSSR count). The fourth-order valence-corrected chi connectivity index (χ4v) is 1.25. The predicted octanol–water partition coefficient (Wildman–Crippen LogP) is 0.521.